The summed E-state index contributed by atoms with van der Waals surface area (Å²) in [4.78, 5) is 19.4. The van der Waals surface area contributed by atoms with E-state index in [4.69, 9.17) is 10.3 Å². The molecule has 0 bridgehead atoms. The third-order valence-corrected chi connectivity index (χ3v) is 4.55. The number of nitrogens with zero attached hydrogens (tertiary/aromatic N) is 4. The number of hydrogen-bond acceptors (Lipinski definition) is 5. The van der Waals surface area contributed by atoms with Gasteiger partial charge in [0.15, 0.2) is 5.76 Å². The van der Waals surface area contributed by atoms with Gasteiger partial charge in [-0.05, 0) is 36.4 Å². The second-order valence-corrected chi connectivity index (χ2v) is 6.63. The second-order valence-electron chi connectivity index (χ2n) is 6.63. The maximum absolute atomic E-state index is 11.1. The lowest BCUT2D eigenvalue weighted by Crippen LogP contribution is -2.12. The monoisotopic (exact) mass is 397 g/mol. The summed E-state index contributed by atoms with van der Waals surface area (Å²) in [6.45, 7) is 2.70. The molecule has 4 aromatic rings. The van der Waals surface area contributed by atoms with Crippen LogP contribution in [0.2, 0.25) is 0 Å². The van der Waals surface area contributed by atoms with Gasteiger partial charge in [-0.2, -0.15) is 0 Å². The molecule has 1 aromatic carbocycles. The van der Waals surface area contributed by atoms with Crippen LogP contribution in [0.4, 0.5) is 0 Å². The van der Waals surface area contributed by atoms with Crippen molar-refractivity contribution in [3.05, 3.63) is 89.4 Å². The standard InChI is InChI=1S/C23H19N5O2/c1-2-22-25-11-12-28(22)15-19-13-21(30-27-19)18-8-5-16(6-9-18)3-4-17-7-10-20(23(24)29)26-14-17/h5-14H,2,15H2,1H3,(H2,24,29). The van der Waals surface area contributed by atoms with Gasteiger partial charge in [0, 0.05) is 47.8 Å². The van der Waals surface area contributed by atoms with Gasteiger partial charge in [0.2, 0.25) is 0 Å². The minimum Gasteiger partial charge on any atom is -0.364 e. The molecule has 7 heteroatoms. The minimum atomic E-state index is -0.559. The molecule has 1 amide bonds. The van der Waals surface area contributed by atoms with E-state index in [1.165, 1.54) is 6.20 Å². The van der Waals surface area contributed by atoms with Crippen LogP contribution in [0.25, 0.3) is 11.3 Å². The van der Waals surface area contributed by atoms with Gasteiger partial charge in [0.25, 0.3) is 5.91 Å². The average Bonchev–Trinajstić information content (AvgIpc) is 3.42. The van der Waals surface area contributed by atoms with Gasteiger partial charge < -0.3 is 14.8 Å². The normalized spacial score (nSPS) is 10.4. The van der Waals surface area contributed by atoms with Crippen molar-refractivity contribution in [2.24, 2.45) is 5.73 Å². The molecule has 0 saturated carbocycles. The van der Waals surface area contributed by atoms with Crippen LogP contribution in [0.1, 0.15) is 40.1 Å². The summed E-state index contributed by atoms with van der Waals surface area (Å²) in [6.07, 6.45) is 6.13. The fourth-order valence-electron chi connectivity index (χ4n) is 2.97. The molecule has 30 heavy (non-hydrogen) atoms. The molecule has 2 N–H and O–H groups in total. The van der Waals surface area contributed by atoms with Crippen molar-refractivity contribution in [1.82, 2.24) is 19.7 Å². The van der Waals surface area contributed by atoms with Gasteiger partial charge >= 0.3 is 0 Å². The lowest BCUT2D eigenvalue weighted by molar-refractivity contribution is 0.0995. The molecule has 0 unspecified atom stereocenters. The van der Waals surface area contributed by atoms with Crippen molar-refractivity contribution in [3.8, 4) is 23.2 Å². The summed E-state index contributed by atoms with van der Waals surface area (Å²) < 4.78 is 7.57. The predicted molar refractivity (Wildman–Crippen MR) is 111 cm³/mol. The van der Waals surface area contributed by atoms with Gasteiger partial charge in [-0.3, -0.25) is 4.79 Å². The molecule has 0 atom stereocenters. The molecule has 3 heterocycles. The van der Waals surface area contributed by atoms with E-state index < -0.39 is 5.91 Å². The van der Waals surface area contributed by atoms with Crippen molar-refractivity contribution >= 4 is 5.91 Å². The summed E-state index contributed by atoms with van der Waals surface area (Å²) >= 11 is 0. The molecule has 0 saturated heterocycles. The first-order chi connectivity index (χ1) is 14.6. The lowest BCUT2D eigenvalue weighted by Gasteiger charge is -2.02. The molecule has 0 aliphatic carbocycles. The lowest BCUT2D eigenvalue weighted by atomic mass is 10.1. The van der Waals surface area contributed by atoms with Crippen molar-refractivity contribution in [2.75, 3.05) is 0 Å². The van der Waals surface area contributed by atoms with Crippen LogP contribution < -0.4 is 5.73 Å². The van der Waals surface area contributed by atoms with Crippen molar-refractivity contribution < 1.29 is 9.32 Å². The van der Waals surface area contributed by atoms with E-state index in [0.29, 0.717) is 17.9 Å². The van der Waals surface area contributed by atoms with Crippen LogP contribution in [0.5, 0.6) is 0 Å². The summed E-state index contributed by atoms with van der Waals surface area (Å²) in [6, 6.07) is 12.9. The van der Waals surface area contributed by atoms with Crippen LogP contribution in [-0.4, -0.2) is 25.6 Å². The number of rotatable bonds is 5. The van der Waals surface area contributed by atoms with Gasteiger partial charge in [-0.25, -0.2) is 9.97 Å². The van der Waals surface area contributed by atoms with Crippen LogP contribution in [-0.2, 0) is 13.0 Å². The number of nitrogens with two attached hydrogens (primary N) is 1. The molecular weight excluding hydrogens is 378 g/mol. The van der Waals surface area contributed by atoms with Gasteiger partial charge in [0.05, 0.1) is 6.54 Å². The first kappa shape index (κ1) is 19.2. The first-order valence-electron chi connectivity index (χ1n) is 9.46. The van der Waals surface area contributed by atoms with Crippen LogP contribution >= 0.6 is 0 Å². The molecular formula is C23H19N5O2. The Morgan fingerprint density at radius 3 is 2.57 bits per heavy atom. The smallest absolute Gasteiger partial charge is 0.267 e. The Labute approximate surface area is 173 Å². The number of aryl methyl sites for hydroxylation is 1. The molecule has 0 aliphatic rings. The number of aromatic nitrogens is 4. The Bertz CT molecular complexity index is 1230. The number of benzene rings is 1. The molecule has 3 aromatic heterocycles. The third-order valence-electron chi connectivity index (χ3n) is 4.55. The zero-order valence-electron chi connectivity index (χ0n) is 16.4. The molecule has 148 valence electrons. The molecule has 0 radical (unpaired) electrons. The molecule has 4 rings (SSSR count). The first-order valence-corrected chi connectivity index (χ1v) is 9.46. The fourth-order valence-corrected chi connectivity index (χ4v) is 2.97. The van der Waals surface area contributed by atoms with E-state index in [-0.39, 0.29) is 5.69 Å². The van der Waals surface area contributed by atoms with Crippen molar-refractivity contribution in [1.29, 1.82) is 0 Å². The number of carbonyl (C=O) groups excluding carboxylic acids is 1. The summed E-state index contributed by atoms with van der Waals surface area (Å²) in [5, 5.41) is 4.17. The highest BCUT2D eigenvalue weighted by Gasteiger charge is 2.09. The quantitative estimate of drug-likeness (QED) is 0.522. The Morgan fingerprint density at radius 2 is 1.87 bits per heavy atom. The molecule has 7 nitrogen and oxygen atoms in total. The van der Waals surface area contributed by atoms with E-state index in [0.717, 1.165) is 29.1 Å². The maximum atomic E-state index is 11.1. The number of primary amides is 1. The van der Waals surface area contributed by atoms with E-state index >= 15 is 0 Å². The second kappa shape index (κ2) is 8.45. The van der Waals surface area contributed by atoms with Crippen molar-refractivity contribution in [3.63, 3.8) is 0 Å². The number of imidazole rings is 1. The zero-order chi connectivity index (χ0) is 20.9. The van der Waals surface area contributed by atoms with Crippen LogP contribution in [0, 0.1) is 11.8 Å². The summed E-state index contributed by atoms with van der Waals surface area (Å²) in [5.41, 5.74) is 8.72. The maximum Gasteiger partial charge on any atom is 0.267 e. The van der Waals surface area contributed by atoms with Gasteiger partial charge in [-0.1, -0.05) is 23.9 Å². The molecule has 0 fully saturated rings. The number of pyridine rings is 1. The summed E-state index contributed by atoms with van der Waals surface area (Å²) in [5.74, 6) is 7.25. The number of hydrogen-bond donors (Lipinski definition) is 1. The van der Waals surface area contributed by atoms with E-state index in [2.05, 4.69) is 38.5 Å². The molecule has 0 spiro atoms. The highest BCUT2D eigenvalue weighted by atomic mass is 16.5. The number of amides is 1. The fraction of sp³-hybridized carbons (Fsp3) is 0.130. The number of carbonyl (C=O) groups is 1. The minimum absolute atomic E-state index is 0.218. The Hall–Kier alpha value is -4.18. The topological polar surface area (TPSA) is 99.8 Å². The highest BCUT2D eigenvalue weighted by Crippen LogP contribution is 2.21. The SMILES string of the molecule is CCc1nccn1Cc1cc(-c2ccc(C#Cc3ccc(C(N)=O)nc3)cc2)on1. The van der Waals surface area contributed by atoms with Crippen molar-refractivity contribution in [2.45, 2.75) is 19.9 Å². The van der Waals surface area contributed by atoms with Crippen LogP contribution in [0.3, 0.4) is 0 Å². The van der Waals surface area contributed by atoms with E-state index in [1.54, 1.807) is 18.3 Å². The Kier molecular flexibility index (Phi) is 5.39. The van der Waals surface area contributed by atoms with Crippen LogP contribution in [0.15, 0.2) is 65.6 Å². The average molecular weight is 397 g/mol. The largest absolute Gasteiger partial charge is 0.364 e. The van der Waals surface area contributed by atoms with Gasteiger partial charge in [-0.15, -0.1) is 0 Å². The molecule has 0 aliphatic heterocycles. The van der Waals surface area contributed by atoms with E-state index in [1.807, 2.05) is 36.5 Å². The third kappa shape index (κ3) is 4.28. The summed E-state index contributed by atoms with van der Waals surface area (Å²) in [7, 11) is 0. The Balaban J connectivity index is 1.45. The Morgan fingerprint density at radius 1 is 1.10 bits per heavy atom. The zero-order valence-corrected chi connectivity index (χ0v) is 16.4. The van der Waals surface area contributed by atoms with E-state index in [9.17, 15) is 4.79 Å². The highest BCUT2D eigenvalue weighted by molar-refractivity contribution is 5.90. The predicted octanol–water partition coefficient (Wildman–Crippen LogP) is 3.04. The van der Waals surface area contributed by atoms with Gasteiger partial charge in [0.1, 0.15) is 17.2 Å².